The van der Waals surface area contributed by atoms with Crippen LogP contribution < -0.4 is 5.32 Å². The van der Waals surface area contributed by atoms with Crippen molar-refractivity contribution in [1.82, 2.24) is 5.32 Å². The van der Waals surface area contributed by atoms with Gasteiger partial charge in [-0.25, -0.2) is 0 Å². The molecule has 4 nitrogen and oxygen atoms in total. The fraction of sp³-hybridized carbons (Fsp3) is 0.778. The number of piperidine rings is 1. The van der Waals surface area contributed by atoms with E-state index in [1.54, 1.807) is 6.92 Å². The maximum absolute atomic E-state index is 9.52. The van der Waals surface area contributed by atoms with Crippen molar-refractivity contribution in [2.24, 2.45) is 0 Å². The fourth-order valence-electron chi connectivity index (χ4n) is 1.50. The molecule has 0 bridgehead atoms. The lowest BCUT2D eigenvalue weighted by Crippen LogP contribution is -2.57. The van der Waals surface area contributed by atoms with Gasteiger partial charge in [0.15, 0.2) is 0 Å². The number of nitrogens with one attached hydrogen (secondary N) is 1. The first kappa shape index (κ1) is 10.5. The zero-order valence-corrected chi connectivity index (χ0v) is 7.94. The zero-order chi connectivity index (χ0) is 10.0. The minimum Gasteiger partial charge on any atom is -0.388 e. The van der Waals surface area contributed by atoms with Gasteiger partial charge in [0.1, 0.15) is 18.3 Å². The second kappa shape index (κ2) is 4.09. The Balaban J connectivity index is 2.76. The van der Waals surface area contributed by atoms with Crippen molar-refractivity contribution in [3.63, 3.8) is 0 Å². The highest BCUT2D eigenvalue weighted by atomic mass is 16.4. The van der Waals surface area contributed by atoms with E-state index in [4.69, 9.17) is 0 Å². The van der Waals surface area contributed by atoms with Gasteiger partial charge in [-0.2, -0.15) is 0 Å². The third kappa shape index (κ3) is 2.02. The molecule has 1 heterocycles. The number of rotatable bonds is 1. The van der Waals surface area contributed by atoms with Crippen LogP contribution in [0.5, 0.6) is 0 Å². The number of aliphatic hydroxyl groups excluding tert-OH is 3. The summed E-state index contributed by atoms with van der Waals surface area (Å²) < 4.78 is 0. The molecule has 4 N–H and O–H groups in total. The predicted octanol–water partition coefficient (Wildman–Crippen LogP) is -0.645. The first-order valence-corrected chi connectivity index (χ1v) is 4.58. The van der Waals surface area contributed by atoms with Crippen molar-refractivity contribution in [1.29, 1.82) is 0 Å². The monoisotopic (exact) mass is 187 g/mol. The summed E-state index contributed by atoms with van der Waals surface area (Å²) in [6, 6.07) is -0.226. The Labute approximate surface area is 77.9 Å². The molecule has 1 fully saturated rings. The summed E-state index contributed by atoms with van der Waals surface area (Å²) in [6.45, 7) is 3.72. The average Bonchev–Trinajstić information content (AvgIpc) is 2.11. The standard InChI is InChI=1S/C9H17NO3/c1-3-4-6-8(12)9(13)7(11)5(2)10-6/h4-5,7-13H,3H2,1-2H3/b6-4-/t5-,7+,8+,9+/m0/s1. The van der Waals surface area contributed by atoms with E-state index in [1.165, 1.54) is 0 Å². The maximum Gasteiger partial charge on any atom is 0.121 e. The van der Waals surface area contributed by atoms with Crippen LogP contribution in [0.2, 0.25) is 0 Å². The fourth-order valence-corrected chi connectivity index (χ4v) is 1.50. The summed E-state index contributed by atoms with van der Waals surface area (Å²) in [4.78, 5) is 0. The zero-order valence-electron chi connectivity index (χ0n) is 7.94. The van der Waals surface area contributed by atoms with Gasteiger partial charge in [0, 0.05) is 5.70 Å². The Morgan fingerprint density at radius 1 is 1.31 bits per heavy atom. The summed E-state index contributed by atoms with van der Waals surface area (Å²) in [7, 11) is 0. The Kier molecular flexibility index (Phi) is 3.30. The van der Waals surface area contributed by atoms with E-state index in [0.717, 1.165) is 6.42 Å². The van der Waals surface area contributed by atoms with Crippen LogP contribution in [-0.4, -0.2) is 39.7 Å². The van der Waals surface area contributed by atoms with E-state index in [1.807, 2.05) is 13.0 Å². The molecule has 0 aromatic rings. The summed E-state index contributed by atoms with van der Waals surface area (Å²) >= 11 is 0. The van der Waals surface area contributed by atoms with E-state index in [2.05, 4.69) is 5.32 Å². The molecule has 1 saturated heterocycles. The number of aliphatic hydroxyl groups is 3. The lowest BCUT2D eigenvalue weighted by molar-refractivity contribution is -0.0759. The van der Waals surface area contributed by atoms with Crippen molar-refractivity contribution < 1.29 is 15.3 Å². The van der Waals surface area contributed by atoms with E-state index in [-0.39, 0.29) is 6.04 Å². The smallest absolute Gasteiger partial charge is 0.121 e. The van der Waals surface area contributed by atoms with Gasteiger partial charge in [0.05, 0.1) is 6.04 Å². The van der Waals surface area contributed by atoms with Crippen LogP contribution in [0.1, 0.15) is 20.3 Å². The summed E-state index contributed by atoms with van der Waals surface area (Å²) in [5.74, 6) is 0. The Hall–Kier alpha value is -0.580. The molecule has 0 saturated carbocycles. The highest BCUT2D eigenvalue weighted by molar-refractivity contribution is 5.15. The molecule has 1 aliphatic heterocycles. The summed E-state index contributed by atoms with van der Waals surface area (Å²) in [5.41, 5.74) is 0.604. The van der Waals surface area contributed by atoms with Crippen LogP contribution in [0.4, 0.5) is 0 Å². The van der Waals surface area contributed by atoms with Crippen molar-refractivity contribution in [3.8, 4) is 0 Å². The quantitative estimate of drug-likeness (QED) is 0.440. The lowest BCUT2D eigenvalue weighted by atomic mass is 9.94. The Morgan fingerprint density at radius 2 is 1.92 bits per heavy atom. The maximum atomic E-state index is 9.52. The molecule has 0 spiro atoms. The highest BCUT2D eigenvalue weighted by Crippen LogP contribution is 2.17. The minimum atomic E-state index is -1.09. The lowest BCUT2D eigenvalue weighted by Gasteiger charge is -2.36. The third-order valence-electron chi connectivity index (χ3n) is 2.32. The van der Waals surface area contributed by atoms with Crippen LogP contribution in [0.25, 0.3) is 0 Å². The molecule has 0 radical (unpaired) electrons. The summed E-state index contributed by atoms with van der Waals surface area (Å²) in [5, 5.41) is 31.3. The molecular formula is C9H17NO3. The van der Waals surface area contributed by atoms with E-state index >= 15 is 0 Å². The molecular weight excluding hydrogens is 170 g/mol. The van der Waals surface area contributed by atoms with Crippen molar-refractivity contribution >= 4 is 0 Å². The Bertz CT molecular complexity index is 205. The normalized spacial score (nSPS) is 43.3. The second-order valence-corrected chi connectivity index (χ2v) is 3.43. The van der Waals surface area contributed by atoms with E-state index in [9.17, 15) is 15.3 Å². The number of hydrogen-bond donors (Lipinski definition) is 4. The van der Waals surface area contributed by atoms with Crippen molar-refractivity contribution in [3.05, 3.63) is 11.8 Å². The van der Waals surface area contributed by atoms with Gasteiger partial charge in [-0.1, -0.05) is 13.0 Å². The topological polar surface area (TPSA) is 72.7 Å². The first-order chi connectivity index (χ1) is 6.07. The van der Waals surface area contributed by atoms with Gasteiger partial charge in [0.25, 0.3) is 0 Å². The third-order valence-corrected chi connectivity index (χ3v) is 2.32. The van der Waals surface area contributed by atoms with E-state index in [0.29, 0.717) is 5.70 Å². The molecule has 13 heavy (non-hydrogen) atoms. The van der Waals surface area contributed by atoms with Crippen molar-refractivity contribution in [2.45, 2.75) is 44.6 Å². The second-order valence-electron chi connectivity index (χ2n) is 3.43. The van der Waals surface area contributed by atoms with Crippen LogP contribution in [0.15, 0.2) is 11.8 Å². The Morgan fingerprint density at radius 3 is 2.46 bits per heavy atom. The number of hydrogen-bond acceptors (Lipinski definition) is 4. The van der Waals surface area contributed by atoms with Crippen LogP contribution in [0.3, 0.4) is 0 Å². The van der Waals surface area contributed by atoms with Gasteiger partial charge in [-0.15, -0.1) is 0 Å². The molecule has 1 aliphatic rings. The number of allylic oxidation sites excluding steroid dienone is 1. The molecule has 1 rings (SSSR count). The highest BCUT2D eigenvalue weighted by Gasteiger charge is 2.36. The molecule has 0 aromatic carbocycles. The van der Waals surface area contributed by atoms with Crippen LogP contribution in [0, 0.1) is 0 Å². The molecule has 0 amide bonds. The summed E-state index contributed by atoms with van der Waals surface area (Å²) in [6.07, 6.45) is -0.394. The van der Waals surface area contributed by atoms with E-state index < -0.39 is 18.3 Å². The molecule has 4 heteroatoms. The van der Waals surface area contributed by atoms with Crippen molar-refractivity contribution in [2.75, 3.05) is 0 Å². The van der Waals surface area contributed by atoms with Gasteiger partial charge in [-0.3, -0.25) is 0 Å². The predicted molar refractivity (Wildman–Crippen MR) is 49.0 cm³/mol. The van der Waals surface area contributed by atoms with Gasteiger partial charge < -0.3 is 20.6 Å². The van der Waals surface area contributed by atoms with Gasteiger partial charge in [-0.05, 0) is 13.3 Å². The molecule has 76 valence electrons. The van der Waals surface area contributed by atoms with Crippen LogP contribution >= 0.6 is 0 Å². The first-order valence-electron chi connectivity index (χ1n) is 4.58. The van der Waals surface area contributed by atoms with Gasteiger partial charge >= 0.3 is 0 Å². The molecule has 0 unspecified atom stereocenters. The molecule has 0 aromatic heterocycles. The van der Waals surface area contributed by atoms with Crippen LogP contribution in [-0.2, 0) is 0 Å². The van der Waals surface area contributed by atoms with Gasteiger partial charge in [0.2, 0.25) is 0 Å². The average molecular weight is 187 g/mol. The molecule has 4 atom stereocenters. The minimum absolute atomic E-state index is 0.226. The molecule has 0 aliphatic carbocycles. The SMILES string of the molecule is CC/C=C1\N[C@@H](C)[C@@H](O)[C@@H](O)[C@@H]1O. The largest absolute Gasteiger partial charge is 0.388 e.